The number of benzene rings is 2. The van der Waals surface area contributed by atoms with Gasteiger partial charge >= 0.3 is 0 Å². The number of halogens is 2. The Morgan fingerprint density at radius 2 is 1.95 bits per heavy atom. The molecule has 0 unspecified atom stereocenters. The van der Waals surface area contributed by atoms with Crippen molar-refractivity contribution >= 4 is 11.6 Å². The number of nitrogens with two attached hydrogens (primary N) is 1. The highest BCUT2D eigenvalue weighted by Gasteiger charge is 2.08. The van der Waals surface area contributed by atoms with Crippen molar-refractivity contribution in [3.63, 3.8) is 0 Å². The summed E-state index contributed by atoms with van der Waals surface area (Å²) in [5.41, 5.74) is 7.47. The molecule has 0 saturated heterocycles. The second-order valence-corrected chi connectivity index (χ2v) is 4.72. The first-order valence-electron chi connectivity index (χ1n) is 5.97. The topological polar surface area (TPSA) is 35.2 Å². The second-order valence-electron chi connectivity index (χ2n) is 4.32. The van der Waals surface area contributed by atoms with Gasteiger partial charge in [-0.25, -0.2) is 4.39 Å². The average molecular weight is 280 g/mol. The van der Waals surface area contributed by atoms with Crippen LogP contribution in [0.1, 0.15) is 16.7 Å². The SMILES string of the molecule is Cc1ccc(OCc2cccc(CN)c2F)c(Cl)c1. The molecular formula is C15H15ClFNO. The summed E-state index contributed by atoms with van der Waals surface area (Å²) in [4.78, 5) is 0. The smallest absolute Gasteiger partial charge is 0.138 e. The van der Waals surface area contributed by atoms with Gasteiger partial charge in [0.1, 0.15) is 18.2 Å². The first kappa shape index (κ1) is 13.8. The summed E-state index contributed by atoms with van der Waals surface area (Å²) in [6.45, 7) is 2.24. The van der Waals surface area contributed by atoms with Gasteiger partial charge in [0.25, 0.3) is 0 Å². The van der Waals surface area contributed by atoms with Crippen molar-refractivity contribution in [3.8, 4) is 5.75 Å². The van der Waals surface area contributed by atoms with Gasteiger partial charge in [-0.1, -0.05) is 35.9 Å². The predicted molar refractivity (Wildman–Crippen MR) is 74.8 cm³/mol. The molecule has 0 aliphatic heterocycles. The third-order valence-electron chi connectivity index (χ3n) is 2.85. The molecule has 2 nitrogen and oxygen atoms in total. The van der Waals surface area contributed by atoms with Crippen molar-refractivity contribution in [3.05, 3.63) is 63.9 Å². The molecule has 0 amide bonds. The third kappa shape index (κ3) is 3.25. The largest absolute Gasteiger partial charge is 0.487 e. The zero-order valence-electron chi connectivity index (χ0n) is 10.6. The first-order chi connectivity index (χ1) is 9.11. The summed E-state index contributed by atoms with van der Waals surface area (Å²) in [6, 6.07) is 10.6. The van der Waals surface area contributed by atoms with Gasteiger partial charge in [0.2, 0.25) is 0 Å². The lowest BCUT2D eigenvalue weighted by Crippen LogP contribution is -2.05. The van der Waals surface area contributed by atoms with E-state index in [1.54, 1.807) is 24.3 Å². The lowest BCUT2D eigenvalue weighted by atomic mass is 10.1. The Morgan fingerprint density at radius 3 is 2.63 bits per heavy atom. The van der Waals surface area contributed by atoms with E-state index in [2.05, 4.69) is 0 Å². The quantitative estimate of drug-likeness (QED) is 0.923. The Kier molecular flexibility index (Phi) is 4.40. The molecule has 0 aliphatic carbocycles. The molecule has 0 spiro atoms. The van der Waals surface area contributed by atoms with Gasteiger partial charge in [-0.05, 0) is 24.6 Å². The van der Waals surface area contributed by atoms with Crippen LogP contribution in [-0.4, -0.2) is 0 Å². The van der Waals surface area contributed by atoms with Crippen LogP contribution in [0.3, 0.4) is 0 Å². The molecule has 0 fully saturated rings. The standard InChI is InChI=1S/C15H15ClFNO/c1-10-5-6-14(13(16)7-10)19-9-12-4-2-3-11(8-18)15(12)17/h2-7H,8-9,18H2,1H3. The van der Waals surface area contributed by atoms with Gasteiger partial charge in [0.05, 0.1) is 5.02 Å². The molecule has 100 valence electrons. The van der Waals surface area contributed by atoms with Crippen LogP contribution in [0.5, 0.6) is 5.75 Å². The summed E-state index contributed by atoms with van der Waals surface area (Å²) in [5, 5.41) is 0.524. The van der Waals surface area contributed by atoms with E-state index in [1.807, 2.05) is 19.1 Å². The van der Waals surface area contributed by atoms with E-state index in [9.17, 15) is 4.39 Å². The maximum atomic E-state index is 13.9. The van der Waals surface area contributed by atoms with Crippen LogP contribution < -0.4 is 10.5 Å². The molecule has 0 atom stereocenters. The molecule has 2 rings (SSSR count). The van der Waals surface area contributed by atoms with Crippen LogP contribution in [0.25, 0.3) is 0 Å². The first-order valence-corrected chi connectivity index (χ1v) is 6.35. The summed E-state index contributed by atoms with van der Waals surface area (Å²) >= 11 is 6.06. The van der Waals surface area contributed by atoms with Crippen molar-refractivity contribution in [2.24, 2.45) is 5.73 Å². The van der Waals surface area contributed by atoms with Crippen molar-refractivity contribution in [2.75, 3.05) is 0 Å². The van der Waals surface area contributed by atoms with Gasteiger partial charge in [-0.3, -0.25) is 0 Å². The summed E-state index contributed by atoms with van der Waals surface area (Å²) < 4.78 is 19.5. The predicted octanol–water partition coefficient (Wildman–Crippen LogP) is 3.83. The van der Waals surface area contributed by atoms with Crippen LogP contribution in [0.2, 0.25) is 5.02 Å². The molecule has 0 bridgehead atoms. The van der Waals surface area contributed by atoms with Gasteiger partial charge in [0, 0.05) is 17.7 Å². The van der Waals surface area contributed by atoms with E-state index in [0.717, 1.165) is 5.56 Å². The Labute approximate surface area is 117 Å². The normalized spacial score (nSPS) is 10.5. The van der Waals surface area contributed by atoms with Gasteiger partial charge < -0.3 is 10.5 Å². The molecule has 0 saturated carbocycles. The molecule has 0 aromatic heterocycles. The Bertz CT molecular complexity index is 586. The second kappa shape index (κ2) is 6.04. The van der Waals surface area contributed by atoms with E-state index in [4.69, 9.17) is 22.1 Å². The van der Waals surface area contributed by atoms with E-state index >= 15 is 0 Å². The zero-order valence-corrected chi connectivity index (χ0v) is 11.4. The molecule has 0 aliphatic rings. The third-order valence-corrected chi connectivity index (χ3v) is 3.14. The highest BCUT2D eigenvalue weighted by atomic mass is 35.5. The Balaban J connectivity index is 2.14. The lowest BCUT2D eigenvalue weighted by Gasteiger charge is -2.10. The highest BCUT2D eigenvalue weighted by Crippen LogP contribution is 2.26. The van der Waals surface area contributed by atoms with Crippen LogP contribution in [-0.2, 0) is 13.2 Å². The van der Waals surface area contributed by atoms with Crippen molar-refractivity contribution in [2.45, 2.75) is 20.1 Å². The monoisotopic (exact) mass is 279 g/mol. The molecular weight excluding hydrogens is 265 g/mol. The molecule has 2 aromatic carbocycles. The van der Waals surface area contributed by atoms with E-state index in [1.165, 1.54) is 0 Å². The molecule has 2 N–H and O–H groups in total. The fourth-order valence-corrected chi connectivity index (χ4v) is 2.07. The Morgan fingerprint density at radius 1 is 1.21 bits per heavy atom. The average Bonchev–Trinajstić information content (AvgIpc) is 2.39. The van der Waals surface area contributed by atoms with E-state index in [-0.39, 0.29) is 19.0 Å². The molecule has 2 aromatic rings. The maximum absolute atomic E-state index is 13.9. The lowest BCUT2D eigenvalue weighted by molar-refractivity contribution is 0.299. The van der Waals surface area contributed by atoms with E-state index < -0.39 is 0 Å². The number of ether oxygens (including phenoxy) is 1. The number of rotatable bonds is 4. The fourth-order valence-electron chi connectivity index (χ4n) is 1.78. The van der Waals surface area contributed by atoms with E-state index in [0.29, 0.717) is 21.9 Å². The fraction of sp³-hybridized carbons (Fsp3) is 0.200. The highest BCUT2D eigenvalue weighted by molar-refractivity contribution is 6.32. The van der Waals surface area contributed by atoms with Gasteiger partial charge in [-0.15, -0.1) is 0 Å². The minimum atomic E-state index is -0.312. The number of hydrogen-bond donors (Lipinski definition) is 1. The van der Waals surface area contributed by atoms with Crippen molar-refractivity contribution < 1.29 is 9.13 Å². The minimum Gasteiger partial charge on any atom is -0.487 e. The summed E-state index contributed by atoms with van der Waals surface area (Å²) in [6.07, 6.45) is 0. The van der Waals surface area contributed by atoms with Crippen molar-refractivity contribution in [1.82, 2.24) is 0 Å². The van der Waals surface area contributed by atoms with Crippen molar-refractivity contribution in [1.29, 1.82) is 0 Å². The number of aryl methyl sites for hydroxylation is 1. The molecule has 0 radical (unpaired) electrons. The van der Waals surface area contributed by atoms with Crippen LogP contribution in [0.4, 0.5) is 4.39 Å². The minimum absolute atomic E-state index is 0.127. The molecule has 0 heterocycles. The molecule has 4 heteroatoms. The molecule has 19 heavy (non-hydrogen) atoms. The van der Waals surface area contributed by atoms with Crippen LogP contribution in [0.15, 0.2) is 36.4 Å². The maximum Gasteiger partial charge on any atom is 0.138 e. The van der Waals surface area contributed by atoms with Crippen LogP contribution in [0, 0.1) is 12.7 Å². The summed E-state index contributed by atoms with van der Waals surface area (Å²) in [7, 11) is 0. The Hall–Kier alpha value is -1.58. The zero-order chi connectivity index (χ0) is 13.8. The summed E-state index contributed by atoms with van der Waals surface area (Å²) in [5.74, 6) is 0.234. The van der Waals surface area contributed by atoms with Gasteiger partial charge in [-0.2, -0.15) is 0 Å². The van der Waals surface area contributed by atoms with Crippen LogP contribution >= 0.6 is 11.6 Å². The number of hydrogen-bond acceptors (Lipinski definition) is 2. The van der Waals surface area contributed by atoms with Gasteiger partial charge in [0.15, 0.2) is 0 Å².